The molecule has 35 atom stereocenters. The Morgan fingerprint density at radius 3 is 1.26 bits per heavy atom. The van der Waals surface area contributed by atoms with Crippen LogP contribution in [0.15, 0.2) is 0 Å². The van der Waals surface area contributed by atoms with E-state index in [0.717, 1.165) is 13.8 Å². The van der Waals surface area contributed by atoms with E-state index in [0.29, 0.717) is 0 Å². The van der Waals surface area contributed by atoms with Crippen molar-refractivity contribution in [1.29, 1.82) is 0 Å². The van der Waals surface area contributed by atoms with E-state index in [-0.39, 0.29) is 0 Å². The second-order valence-corrected chi connectivity index (χ2v) is 21.1. The zero-order valence-corrected chi connectivity index (χ0v) is 44.2. The fourth-order valence-corrected chi connectivity index (χ4v) is 10.4. The Bertz CT molecular complexity index is 2010. The average Bonchev–Trinajstić information content (AvgIpc) is 3.54. The minimum atomic E-state index is -2.24. The van der Waals surface area contributed by atoms with Gasteiger partial charge in [-0.3, -0.25) is 9.59 Å². The van der Waals surface area contributed by atoms with Crippen molar-refractivity contribution in [2.75, 3.05) is 26.4 Å². The van der Waals surface area contributed by atoms with Crippen molar-refractivity contribution in [3.8, 4) is 0 Å². The van der Waals surface area contributed by atoms with Gasteiger partial charge in [-0.25, -0.2) is 0 Å². The van der Waals surface area contributed by atoms with E-state index in [1.807, 2.05) is 0 Å². The van der Waals surface area contributed by atoms with Gasteiger partial charge in [0.1, 0.15) is 152 Å². The molecule has 0 aliphatic carbocycles. The summed E-state index contributed by atoms with van der Waals surface area (Å²) in [5.74, 6) is -1.74. The Morgan fingerprint density at radius 2 is 0.741 bits per heavy atom. The van der Waals surface area contributed by atoms with Crippen LogP contribution in [0.25, 0.3) is 0 Å². The molecule has 7 aliphatic rings. The molecule has 0 radical (unpaired) electrons. The quantitative estimate of drug-likeness (QED) is 0.0606. The molecule has 35 heteroatoms. The molecule has 35 nitrogen and oxygen atoms in total. The van der Waals surface area contributed by atoms with Crippen molar-refractivity contribution in [3.63, 3.8) is 0 Å². The first-order valence-electron chi connectivity index (χ1n) is 26.2. The smallest absolute Gasteiger partial charge is 0.217 e. The summed E-state index contributed by atoms with van der Waals surface area (Å²) in [5, 5.41) is 201. The molecule has 1 unspecified atom stereocenters. The van der Waals surface area contributed by atoms with Gasteiger partial charge in [-0.1, -0.05) is 0 Å². The van der Waals surface area contributed by atoms with Gasteiger partial charge in [-0.15, -0.1) is 0 Å². The van der Waals surface area contributed by atoms with Crippen LogP contribution in [0.4, 0.5) is 0 Å². The van der Waals surface area contributed by atoms with Crippen LogP contribution in [0.1, 0.15) is 34.6 Å². The minimum Gasteiger partial charge on any atom is -0.394 e. The first-order chi connectivity index (χ1) is 38.1. The molecule has 0 aromatic carbocycles. The molecule has 0 aromatic rings. The van der Waals surface area contributed by atoms with Gasteiger partial charge in [0.25, 0.3) is 0 Å². The van der Waals surface area contributed by atoms with Gasteiger partial charge >= 0.3 is 0 Å². The number of amides is 2. The largest absolute Gasteiger partial charge is 0.394 e. The van der Waals surface area contributed by atoms with Crippen molar-refractivity contribution in [3.05, 3.63) is 0 Å². The molecule has 0 spiro atoms. The number of hydrogen-bond acceptors (Lipinski definition) is 33. The molecule has 7 heterocycles. The fourth-order valence-electron chi connectivity index (χ4n) is 10.4. The van der Waals surface area contributed by atoms with Crippen LogP contribution in [0.5, 0.6) is 0 Å². The maximum atomic E-state index is 13.3. The van der Waals surface area contributed by atoms with Crippen molar-refractivity contribution in [2.24, 2.45) is 0 Å². The van der Waals surface area contributed by atoms with Gasteiger partial charge in [0, 0.05) is 13.8 Å². The number of aliphatic hydroxyl groups excluding tert-OH is 18. The van der Waals surface area contributed by atoms with E-state index in [2.05, 4.69) is 10.6 Å². The first-order valence-corrected chi connectivity index (χ1v) is 26.2. The van der Waals surface area contributed by atoms with Crippen LogP contribution in [0.3, 0.4) is 0 Å². The molecule has 7 fully saturated rings. The highest BCUT2D eigenvalue weighted by molar-refractivity contribution is 5.73. The zero-order valence-electron chi connectivity index (χ0n) is 44.2. The number of hydrogen-bond donors (Lipinski definition) is 20. The lowest BCUT2D eigenvalue weighted by Gasteiger charge is -2.52. The van der Waals surface area contributed by atoms with Crippen LogP contribution >= 0.6 is 0 Å². The first kappa shape index (κ1) is 66.2. The molecule has 470 valence electrons. The second kappa shape index (κ2) is 28.0. The van der Waals surface area contributed by atoms with Crippen LogP contribution in [0, 0.1) is 0 Å². The van der Waals surface area contributed by atoms with Gasteiger partial charge in [0.15, 0.2) is 44.0 Å². The third-order valence-corrected chi connectivity index (χ3v) is 15.2. The Balaban J connectivity index is 1.29. The number of carbonyl (C=O) groups is 2. The van der Waals surface area contributed by atoms with E-state index < -0.39 is 253 Å². The number of carbonyl (C=O) groups excluding carboxylic acids is 2. The van der Waals surface area contributed by atoms with Gasteiger partial charge in [-0.2, -0.15) is 0 Å². The SMILES string of the molecule is CC(=O)N[C@H]1[C@@H](O[C@H]2[C@@H](O)[C@@H](CO)O[C@@H](O[C@H]3[C@H](O)[C@@H](CO[C@@H]4O[C@@H](C)[C@@H](O)[C@@H](O)[C@@H]4O)O[C@@H](O[C@@H]4[C@H](O)[C@@H](O)C(O)O[C@@H]4CO[C@@H]4O[C@@H](C)[C@@H](O)[C@@H](O)[C@@H]4O)[C@@H]3NC(C)=O)[C@@H]2O[C@@H]2O[C@@H](C)[C@@H](O)[C@@H](O)[C@@H]2O)O[C@H](CO)[C@H](O)[C@@H]1O. The minimum absolute atomic E-state index is 0.814. The maximum Gasteiger partial charge on any atom is 0.217 e. The Hall–Kier alpha value is -2.30. The lowest BCUT2D eigenvalue weighted by Crippen LogP contribution is -2.71. The van der Waals surface area contributed by atoms with Crippen molar-refractivity contribution in [2.45, 2.75) is 249 Å². The van der Waals surface area contributed by atoms with Gasteiger partial charge < -0.3 is 164 Å². The standard InChI is InChI=1S/C46H78N2O33/c1-10-21(53)28(60)33(65)43(71-10)69-8-17-26(58)37(20(48-14(5)52)42(77-17)78-36-18(74-40(68)32(64)31(36)63)9-70-44-34(66)29(61)22(54)11(2)72-44)79-46-39(81-45-35(67)30(62)23(55)12(3)73-45)38(25(57)16(7-50)76-46)80-41-19(47-13(4)51)27(59)24(56)15(6-49)75-41/h10-12,15-46,49-50,53-68H,6-9H2,1-5H3,(H,47,51)(H,48,52)/t10-,11-,12-,15+,16+,17+,18+,19+,20+,21+,22+,23+,24-,25-,26+,27+,28+,29+,30+,31+,32+,33-,34-,35-,36-,37+,38-,39+,40?,41+,42-,43+,44+,45-,46-/m0/s1. The fraction of sp³-hybridized carbons (Fsp3) is 0.957. The molecule has 7 aliphatic heterocycles. The predicted molar refractivity (Wildman–Crippen MR) is 251 cm³/mol. The van der Waals surface area contributed by atoms with Crippen LogP contribution in [-0.2, 0) is 71.2 Å². The molecule has 7 saturated heterocycles. The van der Waals surface area contributed by atoms with Crippen LogP contribution < -0.4 is 10.6 Å². The third kappa shape index (κ3) is 14.4. The highest BCUT2D eigenvalue weighted by Crippen LogP contribution is 2.38. The summed E-state index contributed by atoms with van der Waals surface area (Å²) in [5.41, 5.74) is 0. The summed E-state index contributed by atoms with van der Waals surface area (Å²) < 4.78 is 77.0. The summed E-state index contributed by atoms with van der Waals surface area (Å²) in [6.07, 6.45) is -61.8. The van der Waals surface area contributed by atoms with E-state index in [1.165, 1.54) is 20.8 Å². The molecule has 2 amide bonds. The number of ether oxygens (including phenoxy) is 13. The summed E-state index contributed by atoms with van der Waals surface area (Å²) in [7, 11) is 0. The molecule has 0 bridgehead atoms. The van der Waals surface area contributed by atoms with Gasteiger partial charge in [0.05, 0.1) is 44.7 Å². The monoisotopic (exact) mass is 1190 g/mol. The molecule has 0 aromatic heterocycles. The molecule has 7 rings (SSSR count). The van der Waals surface area contributed by atoms with E-state index in [4.69, 9.17) is 61.6 Å². The Morgan fingerprint density at radius 1 is 0.346 bits per heavy atom. The molecule has 20 N–H and O–H groups in total. The molecule has 81 heavy (non-hydrogen) atoms. The van der Waals surface area contributed by atoms with Crippen molar-refractivity contribution >= 4 is 11.8 Å². The zero-order chi connectivity index (χ0) is 59.8. The lowest BCUT2D eigenvalue weighted by atomic mass is 9.93. The summed E-state index contributed by atoms with van der Waals surface area (Å²) in [4.78, 5) is 25.7. The number of nitrogens with one attached hydrogen (secondary N) is 2. The topological polar surface area (TPSA) is 542 Å². The Labute approximate surface area is 460 Å². The van der Waals surface area contributed by atoms with Gasteiger partial charge in [-0.05, 0) is 20.8 Å². The summed E-state index contributed by atoms with van der Waals surface area (Å²) in [6, 6.07) is -3.64. The number of aliphatic hydroxyl groups is 18. The average molecular weight is 1190 g/mol. The molecule has 0 saturated carbocycles. The molecular weight excluding hydrogens is 1110 g/mol. The highest BCUT2D eigenvalue weighted by atomic mass is 16.8. The second-order valence-electron chi connectivity index (χ2n) is 21.1. The highest BCUT2D eigenvalue weighted by Gasteiger charge is 2.59. The van der Waals surface area contributed by atoms with E-state index in [9.17, 15) is 102 Å². The third-order valence-electron chi connectivity index (χ3n) is 15.2. The number of rotatable bonds is 18. The van der Waals surface area contributed by atoms with Crippen LogP contribution in [-0.4, -0.2) is 345 Å². The molecular formula is C46H78N2O33. The van der Waals surface area contributed by atoms with Crippen molar-refractivity contribution < 1.29 is 163 Å². The summed E-state index contributed by atoms with van der Waals surface area (Å²) in [6.45, 7) is 2.18. The van der Waals surface area contributed by atoms with E-state index in [1.54, 1.807) is 0 Å². The Kier molecular flexibility index (Phi) is 22.9. The lowest BCUT2D eigenvalue weighted by molar-refractivity contribution is -0.400. The van der Waals surface area contributed by atoms with Crippen molar-refractivity contribution in [1.82, 2.24) is 10.6 Å². The van der Waals surface area contributed by atoms with Crippen LogP contribution in [0.2, 0.25) is 0 Å². The maximum absolute atomic E-state index is 13.3. The summed E-state index contributed by atoms with van der Waals surface area (Å²) >= 11 is 0. The normalized spacial score (nSPS) is 51.8. The van der Waals surface area contributed by atoms with E-state index >= 15 is 0 Å². The predicted octanol–water partition coefficient (Wildman–Crippen LogP) is -12.9. The van der Waals surface area contributed by atoms with Gasteiger partial charge in [0.2, 0.25) is 11.8 Å².